The standard InChI is InChI=1S/C18H24N4O2S/c1-12-4-5-15(7-19-12)6-16-9-22(13(2)11-24-16)10-17-8-20-18(25-17)21-14(3)23/h4-5,7-8,13,16H,6,9-11H2,1-3H3,(H,20,21,23)/t13-,16+/m0/s1. The summed E-state index contributed by atoms with van der Waals surface area (Å²) in [6, 6.07) is 4.52. The van der Waals surface area contributed by atoms with E-state index in [0.717, 1.165) is 36.7 Å². The van der Waals surface area contributed by atoms with Crippen molar-refractivity contribution in [1.29, 1.82) is 0 Å². The molecule has 1 aliphatic heterocycles. The Kier molecular flexibility index (Phi) is 5.78. The summed E-state index contributed by atoms with van der Waals surface area (Å²) in [7, 11) is 0. The molecular formula is C18H24N4O2S. The number of hydrogen-bond acceptors (Lipinski definition) is 6. The van der Waals surface area contributed by atoms with E-state index in [-0.39, 0.29) is 12.0 Å². The molecule has 6 nitrogen and oxygen atoms in total. The lowest BCUT2D eigenvalue weighted by Gasteiger charge is -2.37. The Hall–Kier alpha value is -1.83. The van der Waals surface area contributed by atoms with Gasteiger partial charge in [0, 0.05) is 55.4 Å². The Morgan fingerprint density at radius 2 is 2.24 bits per heavy atom. The number of aryl methyl sites for hydroxylation is 1. The first-order valence-corrected chi connectivity index (χ1v) is 9.30. The predicted octanol–water partition coefficient (Wildman–Crippen LogP) is 2.64. The largest absolute Gasteiger partial charge is 0.375 e. The highest BCUT2D eigenvalue weighted by Crippen LogP contribution is 2.23. The molecule has 2 aromatic rings. The Labute approximate surface area is 152 Å². The molecule has 1 saturated heterocycles. The van der Waals surface area contributed by atoms with Crippen LogP contribution in [-0.4, -0.2) is 46.1 Å². The van der Waals surface area contributed by atoms with E-state index in [4.69, 9.17) is 4.74 Å². The molecule has 134 valence electrons. The summed E-state index contributed by atoms with van der Waals surface area (Å²) >= 11 is 1.53. The van der Waals surface area contributed by atoms with Gasteiger partial charge in [0.25, 0.3) is 0 Å². The molecule has 1 fully saturated rings. The van der Waals surface area contributed by atoms with Crippen molar-refractivity contribution in [1.82, 2.24) is 14.9 Å². The van der Waals surface area contributed by atoms with Gasteiger partial charge in [-0.1, -0.05) is 6.07 Å². The van der Waals surface area contributed by atoms with Gasteiger partial charge in [-0.2, -0.15) is 0 Å². The molecule has 2 atom stereocenters. The van der Waals surface area contributed by atoms with Gasteiger partial charge in [0.2, 0.25) is 5.91 Å². The third kappa shape index (κ3) is 5.07. The molecular weight excluding hydrogens is 336 g/mol. The molecule has 2 aromatic heterocycles. The van der Waals surface area contributed by atoms with Gasteiger partial charge in [-0.05, 0) is 25.5 Å². The summed E-state index contributed by atoms with van der Waals surface area (Å²) in [5.74, 6) is -0.0904. The van der Waals surface area contributed by atoms with E-state index >= 15 is 0 Å². The number of anilines is 1. The van der Waals surface area contributed by atoms with Gasteiger partial charge >= 0.3 is 0 Å². The van der Waals surface area contributed by atoms with E-state index in [0.29, 0.717) is 11.2 Å². The maximum absolute atomic E-state index is 11.1. The first kappa shape index (κ1) is 18.0. The normalized spacial score (nSPS) is 21.2. The van der Waals surface area contributed by atoms with Gasteiger partial charge in [0.1, 0.15) is 0 Å². The van der Waals surface area contributed by atoms with E-state index in [1.165, 1.54) is 23.8 Å². The summed E-state index contributed by atoms with van der Waals surface area (Å²) < 4.78 is 6.01. The molecule has 0 unspecified atom stereocenters. The highest BCUT2D eigenvalue weighted by molar-refractivity contribution is 7.15. The highest BCUT2D eigenvalue weighted by atomic mass is 32.1. The minimum Gasteiger partial charge on any atom is -0.375 e. The summed E-state index contributed by atoms with van der Waals surface area (Å²) in [4.78, 5) is 23.3. The van der Waals surface area contributed by atoms with Crippen molar-refractivity contribution in [2.45, 2.75) is 45.9 Å². The van der Waals surface area contributed by atoms with E-state index in [1.807, 2.05) is 25.4 Å². The Morgan fingerprint density at radius 1 is 1.40 bits per heavy atom. The molecule has 7 heteroatoms. The molecule has 0 saturated carbocycles. The van der Waals surface area contributed by atoms with Crippen molar-refractivity contribution in [3.8, 4) is 0 Å². The number of nitrogens with one attached hydrogen (secondary N) is 1. The topological polar surface area (TPSA) is 67.4 Å². The quantitative estimate of drug-likeness (QED) is 0.888. The van der Waals surface area contributed by atoms with E-state index in [2.05, 4.69) is 33.2 Å². The van der Waals surface area contributed by atoms with Crippen molar-refractivity contribution < 1.29 is 9.53 Å². The van der Waals surface area contributed by atoms with Crippen LogP contribution in [0.3, 0.4) is 0 Å². The Bertz CT molecular complexity index is 716. The number of nitrogens with zero attached hydrogens (tertiary/aromatic N) is 3. The molecule has 1 N–H and O–H groups in total. The molecule has 3 heterocycles. The summed E-state index contributed by atoms with van der Waals surface area (Å²) in [6.07, 6.45) is 4.82. The lowest BCUT2D eigenvalue weighted by Crippen LogP contribution is -2.48. The highest BCUT2D eigenvalue weighted by Gasteiger charge is 2.26. The zero-order valence-corrected chi connectivity index (χ0v) is 15.7. The SMILES string of the molecule is CC(=O)Nc1ncc(CN2C[C@@H](Cc3ccc(C)nc3)OC[C@@H]2C)s1. The predicted molar refractivity (Wildman–Crippen MR) is 98.7 cm³/mol. The number of thiazole rings is 1. The fraction of sp³-hybridized carbons (Fsp3) is 0.500. The van der Waals surface area contributed by atoms with E-state index in [1.54, 1.807) is 0 Å². The van der Waals surface area contributed by atoms with Crippen LogP contribution >= 0.6 is 11.3 Å². The van der Waals surface area contributed by atoms with Crippen LogP contribution in [0, 0.1) is 6.92 Å². The molecule has 1 amide bonds. The van der Waals surface area contributed by atoms with Gasteiger partial charge in [-0.3, -0.25) is 14.7 Å². The number of amides is 1. The lowest BCUT2D eigenvalue weighted by atomic mass is 10.1. The molecule has 1 aliphatic rings. The van der Waals surface area contributed by atoms with Crippen molar-refractivity contribution >= 4 is 22.4 Å². The zero-order chi connectivity index (χ0) is 17.8. The maximum atomic E-state index is 11.1. The van der Waals surface area contributed by atoms with Crippen LogP contribution in [0.25, 0.3) is 0 Å². The molecule has 0 aliphatic carbocycles. The van der Waals surface area contributed by atoms with Gasteiger partial charge in [0.05, 0.1) is 12.7 Å². The van der Waals surface area contributed by atoms with Crippen LogP contribution in [0.4, 0.5) is 5.13 Å². The smallest absolute Gasteiger partial charge is 0.223 e. The zero-order valence-electron chi connectivity index (χ0n) is 14.9. The number of aromatic nitrogens is 2. The van der Waals surface area contributed by atoms with Crippen LogP contribution in [0.2, 0.25) is 0 Å². The molecule has 0 bridgehead atoms. The summed E-state index contributed by atoms with van der Waals surface area (Å²) in [6.45, 7) is 8.10. The molecule has 25 heavy (non-hydrogen) atoms. The van der Waals surface area contributed by atoms with Gasteiger partial charge in [0.15, 0.2) is 5.13 Å². The Morgan fingerprint density at radius 3 is 2.96 bits per heavy atom. The molecule has 0 spiro atoms. The van der Waals surface area contributed by atoms with Gasteiger partial charge < -0.3 is 10.1 Å². The average molecular weight is 360 g/mol. The van der Waals surface area contributed by atoms with Crippen molar-refractivity contribution in [2.24, 2.45) is 0 Å². The second-order valence-corrected chi connectivity index (χ2v) is 7.67. The maximum Gasteiger partial charge on any atom is 0.223 e. The second kappa shape index (κ2) is 8.03. The third-order valence-electron chi connectivity index (χ3n) is 4.27. The number of carbonyl (C=O) groups is 1. The molecule has 3 rings (SSSR count). The van der Waals surface area contributed by atoms with E-state index < -0.39 is 0 Å². The van der Waals surface area contributed by atoms with Crippen LogP contribution in [0.15, 0.2) is 24.5 Å². The monoisotopic (exact) mass is 360 g/mol. The summed E-state index contributed by atoms with van der Waals surface area (Å²) in [5.41, 5.74) is 2.24. The average Bonchev–Trinajstić information content (AvgIpc) is 2.99. The lowest BCUT2D eigenvalue weighted by molar-refractivity contribution is -0.114. The van der Waals surface area contributed by atoms with Crippen molar-refractivity contribution in [2.75, 3.05) is 18.5 Å². The fourth-order valence-corrected chi connectivity index (χ4v) is 3.77. The number of morpholine rings is 1. The van der Waals surface area contributed by atoms with Crippen LogP contribution in [0.1, 0.15) is 30.0 Å². The van der Waals surface area contributed by atoms with Crippen molar-refractivity contribution in [3.05, 3.63) is 40.7 Å². The fourth-order valence-electron chi connectivity index (χ4n) is 2.89. The van der Waals surface area contributed by atoms with Crippen LogP contribution < -0.4 is 5.32 Å². The number of pyridine rings is 1. The number of rotatable bonds is 5. The molecule has 0 radical (unpaired) electrons. The Balaban J connectivity index is 1.59. The van der Waals surface area contributed by atoms with Gasteiger partial charge in [-0.15, -0.1) is 11.3 Å². The number of ether oxygens (including phenoxy) is 1. The minimum absolute atomic E-state index is 0.0904. The van der Waals surface area contributed by atoms with Crippen molar-refractivity contribution in [3.63, 3.8) is 0 Å². The van der Waals surface area contributed by atoms with Gasteiger partial charge in [-0.25, -0.2) is 4.98 Å². The summed E-state index contributed by atoms with van der Waals surface area (Å²) in [5, 5.41) is 3.40. The third-order valence-corrected chi connectivity index (χ3v) is 5.16. The van der Waals surface area contributed by atoms with E-state index in [9.17, 15) is 4.79 Å². The number of hydrogen-bond donors (Lipinski definition) is 1. The minimum atomic E-state index is -0.0904. The second-order valence-electron chi connectivity index (χ2n) is 6.56. The first-order chi connectivity index (χ1) is 12.0. The molecule has 0 aromatic carbocycles. The first-order valence-electron chi connectivity index (χ1n) is 8.49. The van der Waals surface area contributed by atoms with Crippen LogP contribution in [0.5, 0.6) is 0 Å². The van der Waals surface area contributed by atoms with Crippen LogP contribution in [-0.2, 0) is 22.5 Å². The number of carbonyl (C=O) groups excluding carboxylic acids is 1.